The minimum atomic E-state index is -0.180. The van der Waals surface area contributed by atoms with Crippen LogP contribution in [0.5, 0.6) is 11.5 Å². The fourth-order valence-electron chi connectivity index (χ4n) is 2.23. The summed E-state index contributed by atoms with van der Waals surface area (Å²) in [5.41, 5.74) is 7.11. The zero-order valence-electron chi connectivity index (χ0n) is 11.0. The summed E-state index contributed by atoms with van der Waals surface area (Å²) < 4.78 is 11.3. The molecule has 1 aliphatic rings. The van der Waals surface area contributed by atoms with Gasteiger partial charge in [-0.05, 0) is 31.0 Å². The van der Waals surface area contributed by atoms with Gasteiger partial charge in [-0.25, -0.2) is 0 Å². The van der Waals surface area contributed by atoms with Crippen LogP contribution in [0.2, 0.25) is 0 Å². The summed E-state index contributed by atoms with van der Waals surface area (Å²) in [5, 5.41) is 0. The average molecular weight is 235 g/mol. The van der Waals surface area contributed by atoms with E-state index in [1.807, 2.05) is 18.2 Å². The summed E-state index contributed by atoms with van der Waals surface area (Å²) in [6.45, 7) is 6.47. The number of ether oxygens (including phenoxy) is 2. The lowest BCUT2D eigenvalue weighted by molar-refractivity contribution is 0.0107. The van der Waals surface area contributed by atoms with Crippen LogP contribution < -0.4 is 15.2 Å². The molecule has 2 rings (SSSR count). The minimum Gasteiger partial charge on any atom is -0.497 e. The molecule has 1 aromatic carbocycles. The maximum absolute atomic E-state index is 6.25. The lowest BCUT2D eigenvalue weighted by Gasteiger charge is -2.41. The van der Waals surface area contributed by atoms with Gasteiger partial charge in [0.25, 0.3) is 0 Å². The van der Waals surface area contributed by atoms with Crippen LogP contribution >= 0.6 is 0 Å². The number of hydrogen-bond donors (Lipinski definition) is 1. The van der Waals surface area contributed by atoms with Crippen molar-refractivity contribution in [2.75, 3.05) is 7.11 Å². The van der Waals surface area contributed by atoms with Crippen molar-refractivity contribution < 1.29 is 9.47 Å². The van der Waals surface area contributed by atoms with E-state index in [2.05, 4.69) is 20.8 Å². The first-order valence-corrected chi connectivity index (χ1v) is 6.09. The van der Waals surface area contributed by atoms with Gasteiger partial charge in [-0.1, -0.05) is 13.8 Å². The van der Waals surface area contributed by atoms with Gasteiger partial charge in [0, 0.05) is 18.0 Å². The maximum Gasteiger partial charge on any atom is 0.125 e. The maximum atomic E-state index is 6.25. The monoisotopic (exact) mass is 235 g/mol. The van der Waals surface area contributed by atoms with Crippen LogP contribution in [0.25, 0.3) is 0 Å². The van der Waals surface area contributed by atoms with E-state index < -0.39 is 0 Å². The van der Waals surface area contributed by atoms with Crippen molar-refractivity contribution in [2.45, 2.75) is 38.8 Å². The molecule has 1 unspecified atom stereocenters. The third-order valence-corrected chi connectivity index (χ3v) is 3.81. The number of rotatable bonds is 2. The van der Waals surface area contributed by atoms with Crippen molar-refractivity contribution in [3.63, 3.8) is 0 Å². The molecule has 94 valence electrons. The molecule has 2 atom stereocenters. The van der Waals surface area contributed by atoms with E-state index in [0.717, 1.165) is 23.5 Å². The standard InChI is InChI=1S/C14H21NO2/c1-9(2)14(3)8-12(15)11-7-10(16-4)5-6-13(11)17-14/h5-7,9,12H,8,15H2,1-4H3/t12-,14?/m1/s1. The lowest BCUT2D eigenvalue weighted by Crippen LogP contribution is -2.44. The van der Waals surface area contributed by atoms with E-state index in [0.29, 0.717) is 5.92 Å². The topological polar surface area (TPSA) is 44.5 Å². The van der Waals surface area contributed by atoms with Crippen LogP contribution in [-0.4, -0.2) is 12.7 Å². The molecule has 0 amide bonds. The average Bonchev–Trinajstić information content (AvgIpc) is 2.28. The van der Waals surface area contributed by atoms with Crippen molar-refractivity contribution >= 4 is 0 Å². The van der Waals surface area contributed by atoms with Gasteiger partial charge < -0.3 is 15.2 Å². The third-order valence-electron chi connectivity index (χ3n) is 3.81. The molecular weight excluding hydrogens is 214 g/mol. The second-order valence-electron chi connectivity index (χ2n) is 5.28. The summed E-state index contributed by atoms with van der Waals surface area (Å²) in [5.74, 6) is 2.15. The van der Waals surface area contributed by atoms with Gasteiger partial charge in [-0.3, -0.25) is 0 Å². The van der Waals surface area contributed by atoms with Gasteiger partial charge in [0.15, 0.2) is 0 Å². The fraction of sp³-hybridized carbons (Fsp3) is 0.571. The van der Waals surface area contributed by atoms with Gasteiger partial charge in [-0.2, -0.15) is 0 Å². The van der Waals surface area contributed by atoms with Crippen LogP contribution in [0.3, 0.4) is 0 Å². The Morgan fingerprint density at radius 1 is 1.47 bits per heavy atom. The lowest BCUT2D eigenvalue weighted by atomic mass is 9.81. The van der Waals surface area contributed by atoms with Gasteiger partial charge >= 0.3 is 0 Å². The molecule has 0 radical (unpaired) electrons. The Hall–Kier alpha value is -1.22. The molecule has 0 bridgehead atoms. The molecule has 0 aliphatic carbocycles. The highest BCUT2D eigenvalue weighted by atomic mass is 16.5. The van der Waals surface area contributed by atoms with Crippen molar-refractivity contribution in [2.24, 2.45) is 11.7 Å². The Morgan fingerprint density at radius 2 is 2.18 bits per heavy atom. The van der Waals surface area contributed by atoms with Crippen LogP contribution in [0.15, 0.2) is 18.2 Å². The zero-order valence-corrected chi connectivity index (χ0v) is 11.0. The first-order valence-electron chi connectivity index (χ1n) is 6.09. The first-order chi connectivity index (χ1) is 7.96. The van der Waals surface area contributed by atoms with Gasteiger partial charge in [0.2, 0.25) is 0 Å². The first kappa shape index (κ1) is 12.2. The highest BCUT2D eigenvalue weighted by Gasteiger charge is 2.38. The molecule has 1 heterocycles. The van der Waals surface area contributed by atoms with Crippen molar-refractivity contribution in [3.05, 3.63) is 23.8 Å². The van der Waals surface area contributed by atoms with E-state index >= 15 is 0 Å². The Bertz CT molecular complexity index is 417. The summed E-state index contributed by atoms with van der Waals surface area (Å²) in [7, 11) is 1.66. The summed E-state index contributed by atoms with van der Waals surface area (Å²) in [4.78, 5) is 0. The van der Waals surface area contributed by atoms with Crippen LogP contribution in [0, 0.1) is 5.92 Å². The molecule has 2 N–H and O–H groups in total. The van der Waals surface area contributed by atoms with E-state index in [4.69, 9.17) is 15.2 Å². The smallest absolute Gasteiger partial charge is 0.125 e. The van der Waals surface area contributed by atoms with Gasteiger partial charge in [0.05, 0.1) is 7.11 Å². The Morgan fingerprint density at radius 3 is 2.76 bits per heavy atom. The quantitative estimate of drug-likeness (QED) is 0.857. The summed E-state index contributed by atoms with van der Waals surface area (Å²) in [6.07, 6.45) is 0.838. The zero-order chi connectivity index (χ0) is 12.6. The predicted octanol–water partition coefficient (Wildman–Crippen LogP) is 2.89. The van der Waals surface area contributed by atoms with Crippen molar-refractivity contribution in [1.29, 1.82) is 0 Å². The molecule has 0 aromatic heterocycles. The van der Waals surface area contributed by atoms with Crippen LogP contribution in [0.4, 0.5) is 0 Å². The molecule has 1 aromatic rings. The molecule has 0 saturated heterocycles. The molecule has 17 heavy (non-hydrogen) atoms. The molecule has 0 fully saturated rings. The molecule has 3 nitrogen and oxygen atoms in total. The van der Waals surface area contributed by atoms with E-state index in [1.54, 1.807) is 7.11 Å². The third kappa shape index (κ3) is 2.12. The SMILES string of the molecule is COc1ccc2c(c1)[C@H](N)CC(C)(C(C)C)O2. The second kappa shape index (κ2) is 4.22. The van der Waals surface area contributed by atoms with Gasteiger partial charge in [-0.15, -0.1) is 0 Å². The van der Waals surface area contributed by atoms with E-state index in [-0.39, 0.29) is 11.6 Å². The molecule has 0 spiro atoms. The largest absolute Gasteiger partial charge is 0.497 e. The number of benzene rings is 1. The van der Waals surface area contributed by atoms with Crippen molar-refractivity contribution in [3.8, 4) is 11.5 Å². The Kier molecular flexibility index (Phi) is 3.04. The summed E-state index contributed by atoms with van der Waals surface area (Å²) >= 11 is 0. The number of fused-ring (bicyclic) bond motifs is 1. The highest BCUT2D eigenvalue weighted by molar-refractivity contribution is 5.44. The van der Waals surface area contributed by atoms with E-state index in [1.165, 1.54) is 0 Å². The highest BCUT2D eigenvalue weighted by Crippen LogP contribution is 2.42. The molecular formula is C14H21NO2. The van der Waals surface area contributed by atoms with Crippen molar-refractivity contribution in [1.82, 2.24) is 0 Å². The normalized spacial score (nSPS) is 27.5. The van der Waals surface area contributed by atoms with E-state index in [9.17, 15) is 0 Å². The predicted molar refractivity (Wildman–Crippen MR) is 68.4 cm³/mol. The van der Waals surface area contributed by atoms with Crippen LogP contribution in [0.1, 0.15) is 38.8 Å². The molecule has 0 saturated carbocycles. The fourth-order valence-corrected chi connectivity index (χ4v) is 2.23. The Labute approximate surface area is 103 Å². The molecule has 1 aliphatic heterocycles. The minimum absolute atomic E-state index is 0.0150. The number of methoxy groups -OCH3 is 1. The second-order valence-corrected chi connectivity index (χ2v) is 5.28. The number of nitrogens with two attached hydrogens (primary N) is 1. The number of hydrogen-bond acceptors (Lipinski definition) is 3. The van der Waals surface area contributed by atoms with Gasteiger partial charge in [0.1, 0.15) is 17.1 Å². The summed E-state index contributed by atoms with van der Waals surface area (Å²) in [6, 6.07) is 5.85. The van der Waals surface area contributed by atoms with Crippen LogP contribution in [-0.2, 0) is 0 Å². The molecule has 3 heteroatoms. The Balaban J connectivity index is 2.38.